The number of likely N-dealkylation sites (N-methyl/N-ethyl adjacent to an activating group) is 1. The van der Waals surface area contributed by atoms with Gasteiger partial charge in [0.05, 0.1) is 0 Å². The second-order valence-electron chi connectivity index (χ2n) is 5.02. The lowest BCUT2D eigenvalue weighted by Gasteiger charge is -2.15. The molecule has 1 aliphatic rings. The third kappa shape index (κ3) is 4.38. The van der Waals surface area contributed by atoms with Gasteiger partial charge >= 0.3 is 0 Å². The van der Waals surface area contributed by atoms with Crippen LogP contribution in [-0.2, 0) is 0 Å². The summed E-state index contributed by atoms with van der Waals surface area (Å²) in [5.41, 5.74) is 0.517. The van der Waals surface area contributed by atoms with Crippen LogP contribution in [0.15, 0.2) is 18.3 Å². The van der Waals surface area contributed by atoms with Gasteiger partial charge in [-0.15, -0.1) is 0 Å². The summed E-state index contributed by atoms with van der Waals surface area (Å²) >= 11 is 1.87. The summed E-state index contributed by atoms with van der Waals surface area (Å²) in [4.78, 5) is 18.4. The highest BCUT2D eigenvalue weighted by atomic mass is 32.2. The summed E-state index contributed by atoms with van der Waals surface area (Å²) in [6, 6.07) is 3.52. The topological polar surface area (TPSA) is 54.5 Å². The van der Waals surface area contributed by atoms with Gasteiger partial charge in [0.15, 0.2) is 0 Å². The molecule has 20 heavy (non-hydrogen) atoms. The summed E-state index contributed by atoms with van der Waals surface area (Å²) in [7, 11) is 3.95. The van der Waals surface area contributed by atoms with Gasteiger partial charge in [-0.25, -0.2) is 4.98 Å². The molecule has 1 unspecified atom stereocenters. The van der Waals surface area contributed by atoms with Crippen LogP contribution in [0.1, 0.15) is 16.8 Å². The maximum absolute atomic E-state index is 12.2. The number of nitrogens with one attached hydrogen (secondary N) is 1. The number of carbonyl (C=O) groups is 1. The molecule has 0 saturated carbocycles. The molecule has 6 heteroatoms. The molecule has 1 aromatic rings. The van der Waals surface area contributed by atoms with E-state index in [1.807, 2.05) is 30.8 Å². The Hall–Kier alpha value is -1.27. The number of rotatable bonds is 6. The van der Waals surface area contributed by atoms with E-state index >= 15 is 0 Å². The van der Waals surface area contributed by atoms with Crippen LogP contribution >= 0.6 is 11.8 Å². The van der Waals surface area contributed by atoms with Crippen LogP contribution in [0.2, 0.25) is 0 Å². The number of thioether (sulfide) groups is 1. The first-order valence-corrected chi connectivity index (χ1v) is 7.94. The molecule has 110 valence electrons. The number of nitrogens with zero attached hydrogens (tertiary/aromatic N) is 2. The van der Waals surface area contributed by atoms with Crippen LogP contribution in [0.4, 0.5) is 0 Å². The van der Waals surface area contributed by atoms with Gasteiger partial charge in [-0.2, -0.15) is 11.8 Å². The van der Waals surface area contributed by atoms with Crippen molar-refractivity contribution in [3.8, 4) is 5.88 Å². The largest absolute Gasteiger partial charge is 0.473 e. The van der Waals surface area contributed by atoms with Crippen LogP contribution in [-0.4, -0.2) is 60.6 Å². The lowest BCUT2D eigenvalue weighted by molar-refractivity contribution is 0.0943. The fourth-order valence-corrected chi connectivity index (χ4v) is 3.00. The van der Waals surface area contributed by atoms with Crippen molar-refractivity contribution < 1.29 is 9.53 Å². The average Bonchev–Trinajstić information content (AvgIpc) is 2.91. The molecule has 0 aliphatic carbocycles. The molecule has 0 radical (unpaired) electrons. The predicted octanol–water partition coefficient (Wildman–Crippen LogP) is 1.26. The van der Waals surface area contributed by atoms with Crippen molar-refractivity contribution in [1.82, 2.24) is 15.2 Å². The minimum Gasteiger partial charge on any atom is -0.473 e. The first-order valence-electron chi connectivity index (χ1n) is 6.79. The SMILES string of the molecule is CN(C)CCNC(=O)c1cccnc1OC1CCSC1. The van der Waals surface area contributed by atoms with Crippen LogP contribution < -0.4 is 10.1 Å². The number of ether oxygens (including phenoxy) is 1. The third-order valence-electron chi connectivity index (χ3n) is 3.03. The molecule has 1 aliphatic heterocycles. The number of carbonyl (C=O) groups excluding carboxylic acids is 1. The lowest BCUT2D eigenvalue weighted by Crippen LogP contribution is -2.32. The Kier molecular flexibility index (Phi) is 5.67. The molecule has 1 aromatic heterocycles. The summed E-state index contributed by atoms with van der Waals surface area (Å²) in [6.07, 6.45) is 2.85. The molecule has 0 aromatic carbocycles. The first kappa shape index (κ1) is 15.1. The van der Waals surface area contributed by atoms with E-state index in [0.717, 1.165) is 24.5 Å². The van der Waals surface area contributed by atoms with Gasteiger partial charge < -0.3 is 15.0 Å². The van der Waals surface area contributed by atoms with Gasteiger partial charge in [0.1, 0.15) is 11.7 Å². The van der Waals surface area contributed by atoms with E-state index in [1.54, 1.807) is 18.3 Å². The summed E-state index contributed by atoms with van der Waals surface area (Å²) < 4.78 is 5.85. The average molecular weight is 295 g/mol. The quantitative estimate of drug-likeness (QED) is 0.856. The van der Waals surface area contributed by atoms with E-state index in [2.05, 4.69) is 10.3 Å². The van der Waals surface area contributed by atoms with Crippen molar-refractivity contribution in [3.05, 3.63) is 23.9 Å². The van der Waals surface area contributed by atoms with Gasteiger partial charge in [0, 0.05) is 25.0 Å². The van der Waals surface area contributed by atoms with E-state index in [9.17, 15) is 4.79 Å². The van der Waals surface area contributed by atoms with Crippen molar-refractivity contribution in [1.29, 1.82) is 0 Å². The van der Waals surface area contributed by atoms with Crippen LogP contribution in [0, 0.1) is 0 Å². The zero-order valence-corrected chi connectivity index (χ0v) is 12.8. The zero-order valence-electron chi connectivity index (χ0n) is 12.0. The van der Waals surface area contributed by atoms with E-state index in [-0.39, 0.29) is 12.0 Å². The van der Waals surface area contributed by atoms with E-state index in [0.29, 0.717) is 18.0 Å². The Morgan fingerprint density at radius 2 is 2.45 bits per heavy atom. The van der Waals surface area contributed by atoms with E-state index in [1.165, 1.54) is 0 Å². The molecule has 5 nitrogen and oxygen atoms in total. The van der Waals surface area contributed by atoms with Gasteiger partial charge in [-0.3, -0.25) is 4.79 Å². The maximum Gasteiger partial charge on any atom is 0.256 e. The second-order valence-corrected chi connectivity index (χ2v) is 6.17. The van der Waals surface area contributed by atoms with Gasteiger partial charge in [0.25, 0.3) is 5.91 Å². The molecule has 1 amide bonds. The van der Waals surface area contributed by atoms with Crippen molar-refractivity contribution in [3.63, 3.8) is 0 Å². The number of hydrogen-bond donors (Lipinski definition) is 1. The summed E-state index contributed by atoms with van der Waals surface area (Å²) in [5, 5.41) is 2.89. The monoisotopic (exact) mass is 295 g/mol. The predicted molar refractivity (Wildman–Crippen MR) is 81.5 cm³/mol. The van der Waals surface area contributed by atoms with Crippen molar-refractivity contribution in [2.45, 2.75) is 12.5 Å². The molecule has 1 atom stereocenters. The minimum absolute atomic E-state index is 0.124. The Morgan fingerprint density at radius 1 is 1.60 bits per heavy atom. The molecule has 0 spiro atoms. The normalized spacial score (nSPS) is 18.2. The number of aromatic nitrogens is 1. The third-order valence-corrected chi connectivity index (χ3v) is 4.16. The van der Waals surface area contributed by atoms with Crippen molar-refractivity contribution >= 4 is 17.7 Å². The Bertz CT molecular complexity index is 448. The highest BCUT2D eigenvalue weighted by molar-refractivity contribution is 7.99. The Morgan fingerprint density at radius 3 is 3.15 bits per heavy atom. The van der Waals surface area contributed by atoms with Crippen molar-refractivity contribution in [2.24, 2.45) is 0 Å². The fraction of sp³-hybridized carbons (Fsp3) is 0.571. The van der Waals surface area contributed by atoms with Crippen LogP contribution in [0.3, 0.4) is 0 Å². The van der Waals surface area contributed by atoms with Gasteiger partial charge in [0.2, 0.25) is 5.88 Å². The molecule has 1 fully saturated rings. The lowest BCUT2D eigenvalue weighted by atomic mass is 10.2. The number of hydrogen-bond acceptors (Lipinski definition) is 5. The summed E-state index contributed by atoms with van der Waals surface area (Å²) in [5.74, 6) is 2.41. The number of amides is 1. The van der Waals surface area contributed by atoms with E-state index < -0.39 is 0 Å². The Labute approximate surface area is 124 Å². The van der Waals surface area contributed by atoms with Gasteiger partial charge in [-0.05, 0) is 38.4 Å². The smallest absolute Gasteiger partial charge is 0.256 e. The molecule has 0 bridgehead atoms. The maximum atomic E-state index is 12.2. The second kappa shape index (κ2) is 7.50. The fourth-order valence-electron chi connectivity index (χ4n) is 1.91. The standard InChI is InChI=1S/C14H21N3O2S/c1-17(2)8-7-15-13(18)12-4-3-6-16-14(12)19-11-5-9-20-10-11/h3-4,6,11H,5,7-10H2,1-2H3,(H,15,18). The summed E-state index contributed by atoms with van der Waals surface area (Å²) in [6.45, 7) is 1.42. The van der Waals surface area contributed by atoms with Crippen LogP contribution in [0.25, 0.3) is 0 Å². The molecule has 2 rings (SSSR count). The Balaban J connectivity index is 1.97. The highest BCUT2D eigenvalue weighted by Gasteiger charge is 2.21. The van der Waals surface area contributed by atoms with E-state index in [4.69, 9.17) is 4.74 Å². The first-order chi connectivity index (χ1) is 9.66. The highest BCUT2D eigenvalue weighted by Crippen LogP contribution is 2.24. The number of pyridine rings is 1. The van der Waals surface area contributed by atoms with Crippen LogP contribution in [0.5, 0.6) is 5.88 Å². The zero-order chi connectivity index (χ0) is 14.4. The van der Waals surface area contributed by atoms with Gasteiger partial charge in [-0.1, -0.05) is 0 Å². The molecule has 2 heterocycles. The molecular formula is C14H21N3O2S. The minimum atomic E-state index is -0.124. The molecule has 1 saturated heterocycles. The molecule has 1 N–H and O–H groups in total. The molecular weight excluding hydrogens is 274 g/mol. The van der Waals surface area contributed by atoms with Crippen molar-refractivity contribution in [2.75, 3.05) is 38.7 Å².